The van der Waals surface area contributed by atoms with Crippen molar-refractivity contribution < 1.29 is 8.42 Å². The molecule has 1 aliphatic heterocycles. The molecule has 1 N–H and O–H groups in total. The molecule has 0 bridgehead atoms. The van der Waals surface area contributed by atoms with Gasteiger partial charge in [0.2, 0.25) is 0 Å². The largest absolute Gasteiger partial charge is 0.315 e. The zero-order valence-electron chi connectivity index (χ0n) is 11.5. The zero-order chi connectivity index (χ0) is 14.0. The van der Waals surface area contributed by atoms with Crippen LogP contribution in [0.25, 0.3) is 0 Å². The summed E-state index contributed by atoms with van der Waals surface area (Å²) in [4.78, 5) is 8.12. The molecular formula is C12H20N4O2S. The second-order valence-corrected chi connectivity index (χ2v) is 6.85. The third-order valence-corrected chi connectivity index (χ3v) is 5.06. The fourth-order valence-corrected chi connectivity index (χ4v) is 3.63. The van der Waals surface area contributed by atoms with Crippen LogP contribution in [0.3, 0.4) is 0 Å². The zero-order valence-corrected chi connectivity index (χ0v) is 12.4. The summed E-state index contributed by atoms with van der Waals surface area (Å²) >= 11 is 0. The van der Waals surface area contributed by atoms with Crippen molar-refractivity contribution in [2.45, 2.75) is 37.9 Å². The highest BCUT2D eigenvalue weighted by atomic mass is 32.2. The van der Waals surface area contributed by atoms with Gasteiger partial charge in [0.15, 0.2) is 0 Å². The topological polar surface area (TPSA) is 75.2 Å². The molecule has 106 valence electrons. The Morgan fingerprint density at radius 2 is 1.95 bits per heavy atom. The van der Waals surface area contributed by atoms with E-state index >= 15 is 0 Å². The van der Waals surface area contributed by atoms with Crippen LogP contribution in [-0.4, -0.2) is 48.9 Å². The third kappa shape index (κ3) is 3.10. The Morgan fingerprint density at radius 1 is 1.32 bits per heavy atom. The first kappa shape index (κ1) is 14.4. The molecule has 2 rings (SSSR count). The summed E-state index contributed by atoms with van der Waals surface area (Å²) < 4.78 is 26.4. The average molecular weight is 284 g/mol. The van der Waals surface area contributed by atoms with E-state index in [1.165, 1.54) is 4.31 Å². The molecule has 0 radical (unpaired) electrons. The van der Waals surface area contributed by atoms with Crippen molar-refractivity contribution in [2.75, 3.05) is 20.1 Å². The molecule has 0 aromatic carbocycles. The van der Waals surface area contributed by atoms with Crippen LogP contribution in [-0.2, 0) is 10.0 Å². The molecule has 1 aliphatic rings. The first-order valence-corrected chi connectivity index (χ1v) is 7.86. The molecule has 1 aromatic rings. The second-order valence-electron chi connectivity index (χ2n) is 4.95. The van der Waals surface area contributed by atoms with Crippen LogP contribution in [0.5, 0.6) is 0 Å². The van der Waals surface area contributed by atoms with E-state index in [0.717, 1.165) is 19.4 Å². The molecule has 1 fully saturated rings. The van der Waals surface area contributed by atoms with Gasteiger partial charge in [0.25, 0.3) is 15.2 Å². The van der Waals surface area contributed by atoms with Crippen molar-refractivity contribution in [2.24, 2.45) is 0 Å². The smallest absolute Gasteiger partial charge is 0.278 e. The van der Waals surface area contributed by atoms with Crippen LogP contribution in [0, 0.1) is 13.8 Å². The molecule has 0 saturated carbocycles. The quantitative estimate of drug-likeness (QED) is 0.816. The van der Waals surface area contributed by atoms with Gasteiger partial charge >= 0.3 is 0 Å². The van der Waals surface area contributed by atoms with Crippen molar-refractivity contribution in [3.8, 4) is 0 Å². The average Bonchev–Trinajstić information content (AvgIpc) is 2.37. The molecule has 1 atom stereocenters. The second kappa shape index (κ2) is 5.52. The minimum atomic E-state index is -3.61. The van der Waals surface area contributed by atoms with Gasteiger partial charge in [0.05, 0.1) is 0 Å². The fourth-order valence-electron chi connectivity index (χ4n) is 2.28. The number of hydrogen-bond donors (Lipinski definition) is 1. The van der Waals surface area contributed by atoms with Crippen LogP contribution in [0.4, 0.5) is 0 Å². The van der Waals surface area contributed by atoms with Crippen LogP contribution in [0.15, 0.2) is 11.2 Å². The van der Waals surface area contributed by atoms with Crippen LogP contribution < -0.4 is 5.32 Å². The van der Waals surface area contributed by atoms with Gasteiger partial charge in [0.1, 0.15) is 0 Å². The van der Waals surface area contributed by atoms with Crippen LogP contribution >= 0.6 is 0 Å². The highest BCUT2D eigenvalue weighted by Crippen LogP contribution is 2.17. The molecule has 0 spiro atoms. The van der Waals surface area contributed by atoms with Crippen molar-refractivity contribution in [3.05, 3.63) is 17.5 Å². The summed E-state index contributed by atoms with van der Waals surface area (Å²) in [5.74, 6) is 0. The van der Waals surface area contributed by atoms with Crippen LogP contribution in [0.1, 0.15) is 24.2 Å². The highest BCUT2D eigenvalue weighted by molar-refractivity contribution is 7.88. The van der Waals surface area contributed by atoms with Gasteiger partial charge in [-0.1, -0.05) is 0 Å². The van der Waals surface area contributed by atoms with Gasteiger partial charge < -0.3 is 5.32 Å². The Balaban J connectivity index is 2.30. The van der Waals surface area contributed by atoms with Crippen molar-refractivity contribution in [3.63, 3.8) is 0 Å². The van der Waals surface area contributed by atoms with Gasteiger partial charge in [-0.2, -0.15) is 4.31 Å². The molecular weight excluding hydrogens is 264 g/mol. The summed E-state index contributed by atoms with van der Waals surface area (Å²) in [5, 5.41) is 3.12. The predicted octanol–water partition coefficient (Wildman–Crippen LogP) is 0.466. The Kier molecular flexibility index (Phi) is 4.17. The van der Waals surface area contributed by atoms with Crippen molar-refractivity contribution in [1.82, 2.24) is 19.6 Å². The summed E-state index contributed by atoms with van der Waals surface area (Å²) in [6.45, 7) is 5.18. The van der Waals surface area contributed by atoms with E-state index in [-0.39, 0.29) is 11.2 Å². The normalized spacial score (nSPS) is 20.7. The van der Waals surface area contributed by atoms with Gasteiger partial charge in [-0.3, -0.25) is 0 Å². The Bertz CT molecular complexity index is 533. The number of hydrogen-bond acceptors (Lipinski definition) is 5. The summed E-state index contributed by atoms with van der Waals surface area (Å²) in [7, 11) is -2.01. The van der Waals surface area contributed by atoms with Gasteiger partial charge in [-0.05, 0) is 39.3 Å². The minimum Gasteiger partial charge on any atom is -0.315 e. The monoisotopic (exact) mass is 284 g/mol. The molecule has 2 heterocycles. The van der Waals surface area contributed by atoms with Crippen molar-refractivity contribution >= 4 is 10.0 Å². The lowest BCUT2D eigenvalue weighted by Gasteiger charge is -2.30. The van der Waals surface area contributed by atoms with Gasteiger partial charge in [-0.25, -0.2) is 18.4 Å². The molecule has 1 aromatic heterocycles. The molecule has 1 saturated heterocycles. The first-order chi connectivity index (χ1) is 8.91. The molecule has 19 heavy (non-hydrogen) atoms. The van der Waals surface area contributed by atoms with E-state index in [1.807, 2.05) is 0 Å². The Hall–Kier alpha value is -1.05. The number of sulfonamides is 1. The summed E-state index contributed by atoms with van der Waals surface area (Å²) in [6.07, 6.45) is 1.85. The molecule has 7 heteroatoms. The lowest BCUT2D eigenvalue weighted by Crippen LogP contribution is -2.46. The first-order valence-electron chi connectivity index (χ1n) is 6.42. The maximum atomic E-state index is 12.5. The van der Waals surface area contributed by atoms with Crippen LogP contribution in [0.2, 0.25) is 0 Å². The molecule has 0 amide bonds. The predicted molar refractivity (Wildman–Crippen MR) is 72.3 cm³/mol. The van der Waals surface area contributed by atoms with E-state index in [1.54, 1.807) is 27.0 Å². The molecule has 6 nitrogen and oxygen atoms in total. The number of aromatic nitrogens is 2. The number of rotatable bonds is 3. The number of aryl methyl sites for hydroxylation is 2. The van der Waals surface area contributed by atoms with Crippen molar-refractivity contribution in [1.29, 1.82) is 0 Å². The fraction of sp³-hybridized carbons (Fsp3) is 0.667. The van der Waals surface area contributed by atoms with E-state index in [4.69, 9.17) is 0 Å². The summed E-state index contributed by atoms with van der Waals surface area (Å²) in [5.41, 5.74) is 1.34. The Labute approximate surface area is 114 Å². The number of nitrogens with zero attached hydrogens (tertiary/aromatic N) is 3. The van der Waals surface area contributed by atoms with Gasteiger partial charge in [-0.15, -0.1) is 0 Å². The van der Waals surface area contributed by atoms with E-state index in [2.05, 4.69) is 15.3 Å². The maximum Gasteiger partial charge on any atom is 0.278 e. The minimum absolute atomic E-state index is 0.0248. The summed E-state index contributed by atoms with van der Waals surface area (Å²) in [6, 6.07) is 1.74. The highest BCUT2D eigenvalue weighted by Gasteiger charge is 2.31. The number of nitrogens with one attached hydrogen (secondary N) is 1. The van der Waals surface area contributed by atoms with Gasteiger partial charge in [0, 0.05) is 31.0 Å². The number of piperidine rings is 1. The number of likely N-dealkylation sites (N-methyl/N-ethyl adjacent to an activating group) is 1. The SMILES string of the molecule is Cc1cc(C)nc(S(=O)(=O)N(C)C2CCCNC2)n1. The lowest BCUT2D eigenvalue weighted by atomic mass is 10.1. The van der Waals surface area contributed by atoms with E-state index in [0.29, 0.717) is 17.9 Å². The van der Waals surface area contributed by atoms with E-state index in [9.17, 15) is 8.42 Å². The maximum absolute atomic E-state index is 12.5. The Morgan fingerprint density at radius 3 is 2.47 bits per heavy atom. The standard InChI is InChI=1S/C12H20N4O2S/c1-9-7-10(2)15-12(14-9)19(17,18)16(3)11-5-4-6-13-8-11/h7,11,13H,4-6,8H2,1-3H3. The van der Waals surface area contributed by atoms with E-state index < -0.39 is 10.0 Å². The lowest BCUT2D eigenvalue weighted by molar-refractivity contribution is 0.298. The molecule has 1 unspecified atom stereocenters. The third-order valence-electron chi connectivity index (χ3n) is 3.36. The molecule has 0 aliphatic carbocycles.